The van der Waals surface area contributed by atoms with E-state index in [9.17, 15) is 10.1 Å². The van der Waals surface area contributed by atoms with E-state index in [1.807, 2.05) is 6.92 Å². The Bertz CT molecular complexity index is 141. The predicted octanol–water partition coefficient (Wildman–Crippen LogP) is 2.36. The van der Waals surface area contributed by atoms with Gasteiger partial charge < -0.3 is 0 Å². The Morgan fingerprint density at radius 3 is 2.60 bits per heavy atom. The van der Waals surface area contributed by atoms with Gasteiger partial charge in [-0.15, -0.1) is 0 Å². The van der Waals surface area contributed by atoms with Crippen molar-refractivity contribution in [2.24, 2.45) is 0 Å². The number of unbranched alkanes of at least 4 members (excludes halogenated alkanes) is 1. The van der Waals surface area contributed by atoms with Gasteiger partial charge in [-0.3, -0.25) is 10.1 Å². The van der Waals surface area contributed by atoms with Crippen molar-refractivity contribution in [1.82, 2.24) is 0 Å². The molecule has 0 fully saturated rings. The zero-order valence-electron chi connectivity index (χ0n) is 6.46. The molecule has 0 aliphatic rings. The van der Waals surface area contributed by atoms with Gasteiger partial charge in [0.1, 0.15) is 0 Å². The van der Waals surface area contributed by atoms with E-state index in [1.54, 1.807) is 13.0 Å². The lowest BCUT2D eigenvalue weighted by atomic mass is 10.2. The molecule has 0 saturated carbocycles. The minimum Gasteiger partial charge on any atom is -0.259 e. The van der Waals surface area contributed by atoms with Crippen LogP contribution in [0.4, 0.5) is 0 Å². The van der Waals surface area contributed by atoms with Gasteiger partial charge in [-0.1, -0.05) is 13.3 Å². The summed E-state index contributed by atoms with van der Waals surface area (Å²) in [6.45, 7) is 3.72. The molecule has 10 heavy (non-hydrogen) atoms. The molecule has 0 unspecified atom stereocenters. The SMILES string of the molecule is CC=C(CCCC)[N+](=O)[O-]. The van der Waals surface area contributed by atoms with Gasteiger partial charge >= 0.3 is 0 Å². The normalized spacial score (nSPS) is 11.6. The van der Waals surface area contributed by atoms with Crippen molar-refractivity contribution >= 4 is 0 Å². The molecule has 0 heterocycles. The molecule has 0 saturated heterocycles. The maximum absolute atomic E-state index is 10.2. The molecular weight excluding hydrogens is 130 g/mol. The Kier molecular flexibility index (Phi) is 4.54. The Morgan fingerprint density at radius 2 is 2.30 bits per heavy atom. The van der Waals surface area contributed by atoms with Crippen LogP contribution in [-0.4, -0.2) is 4.92 Å². The van der Waals surface area contributed by atoms with E-state index in [0.717, 1.165) is 12.8 Å². The molecule has 0 aromatic carbocycles. The quantitative estimate of drug-likeness (QED) is 0.448. The summed E-state index contributed by atoms with van der Waals surface area (Å²) >= 11 is 0. The van der Waals surface area contributed by atoms with E-state index >= 15 is 0 Å². The molecular formula is C7H13NO2. The number of allylic oxidation sites excluding steroid dienone is 2. The Labute approximate surface area is 60.9 Å². The minimum atomic E-state index is -0.310. The van der Waals surface area contributed by atoms with Gasteiger partial charge in [-0.2, -0.15) is 0 Å². The van der Waals surface area contributed by atoms with E-state index in [1.165, 1.54) is 0 Å². The van der Waals surface area contributed by atoms with Gasteiger partial charge in [0.2, 0.25) is 5.70 Å². The van der Waals surface area contributed by atoms with Gasteiger partial charge in [0.25, 0.3) is 0 Å². The van der Waals surface area contributed by atoms with Crippen LogP contribution in [0, 0.1) is 10.1 Å². The van der Waals surface area contributed by atoms with E-state index in [-0.39, 0.29) is 4.92 Å². The molecule has 0 rings (SSSR count). The summed E-state index contributed by atoms with van der Waals surface area (Å²) in [5, 5.41) is 10.2. The van der Waals surface area contributed by atoms with Crippen LogP contribution in [0.15, 0.2) is 11.8 Å². The summed E-state index contributed by atoms with van der Waals surface area (Å²) in [4.78, 5) is 9.86. The van der Waals surface area contributed by atoms with Crippen molar-refractivity contribution in [3.05, 3.63) is 21.9 Å². The lowest BCUT2D eigenvalue weighted by Gasteiger charge is -1.93. The van der Waals surface area contributed by atoms with Crippen LogP contribution in [-0.2, 0) is 0 Å². The highest BCUT2D eigenvalue weighted by atomic mass is 16.6. The first-order valence-corrected chi connectivity index (χ1v) is 3.52. The zero-order chi connectivity index (χ0) is 7.98. The van der Waals surface area contributed by atoms with Gasteiger partial charge in [0.15, 0.2) is 0 Å². The number of rotatable bonds is 4. The number of hydrogen-bond donors (Lipinski definition) is 0. The Hall–Kier alpha value is -0.860. The Balaban J connectivity index is 3.74. The Morgan fingerprint density at radius 1 is 1.70 bits per heavy atom. The smallest absolute Gasteiger partial charge is 0.242 e. The van der Waals surface area contributed by atoms with Crippen LogP contribution in [0.3, 0.4) is 0 Å². The highest BCUT2D eigenvalue weighted by molar-refractivity contribution is 4.87. The predicted molar refractivity (Wildman–Crippen MR) is 40.3 cm³/mol. The summed E-state index contributed by atoms with van der Waals surface area (Å²) in [6.07, 6.45) is 4.07. The van der Waals surface area contributed by atoms with Crippen molar-refractivity contribution in [3.63, 3.8) is 0 Å². The summed E-state index contributed by atoms with van der Waals surface area (Å²) < 4.78 is 0. The topological polar surface area (TPSA) is 43.1 Å². The van der Waals surface area contributed by atoms with E-state index in [2.05, 4.69) is 0 Å². The van der Waals surface area contributed by atoms with Crippen molar-refractivity contribution < 1.29 is 4.92 Å². The fourth-order valence-electron chi connectivity index (χ4n) is 0.699. The molecule has 0 atom stereocenters. The van der Waals surface area contributed by atoms with Gasteiger partial charge in [0, 0.05) is 6.42 Å². The van der Waals surface area contributed by atoms with Crippen molar-refractivity contribution in [2.75, 3.05) is 0 Å². The lowest BCUT2D eigenvalue weighted by molar-refractivity contribution is -0.428. The molecule has 0 spiro atoms. The largest absolute Gasteiger partial charge is 0.259 e. The fraction of sp³-hybridized carbons (Fsp3) is 0.714. The third kappa shape index (κ3) is 3.22. The van der Waals surface area contributed by atoms with Crippen LogP contribution in [0.5, 0.6) is 0 Å². The van der Waals surface area contributed by atoms with Crippen LogP contribution in [0.25, 0.3) is 0 Å². The van der Waals surface area contributed by atoms with Crippen LogP contribution < -0.4 is 0 Å². The second-order valence-electron chi connectivity index (χ2n) is 2.14. The first kappa shape index (κ1) is 9.14. The second kappa shape index (κ2) is 4.97. The molecule has 0 aliphatic carbocycles. The monoisotopic (exact) mass is 143 g/mol. The maximum atomic E-state index is 10.2. The number of hydrogen-bond acceptors (Lipinski definition) is 2. The summed E-state index contributed by atoms with van der Waals surface area (Å²) in [7, 11) is 0. The molecule has 0 aromatic rings. The van der Waals surface area contributed by atoms with E-state index in [4.69, 9.17) is 0 Å². The highest BCUT2D eigenvalue weighted by Gasteiger charge is 2.05. The van der Waals surface area contributed by atoms with Crippen LogP contribution in [0.2, 0.25) is 0 Å². The fourth-order valence-corrected chi connectivity index (χ4v) is 0.699. The molecule has 0 amide bonds. The van der Waals surface area contributed by atoms with Gasteiger partial charge in [-0.05, 0) is 19.4 Å². The maximum Gasteiger partial charge on any atom is 0.242 e. The van der Waals surface area contributed by atoms with Crippen molar-refractivity contribution in [3.8, 4) is 0 Å². The first-order valence-electron chi connectivity index (χ1n) is 3.52. The summed E-state index contributed by atoms with van der Waals surface area (Å²) in [5.74, 6) is 0. The molecule has 0 radical (unpaired) electrons. The molecule has 0 aliphatic heterocycles. The van der Waals surface area contributed by atoms with Gasteiger partial charge in [-0.25, -0.2) is 0 Å². The average molecular weight is 143 g/mol. The molecule has 0 bridgehead atoms. The number of nitrogens with zero attached hydrogens (tertiary/aromatic N) is 1. The second-order valence-corrected chi connectivity index (χ2v) is 2.14. The lowest BCUT2D eigenvalue weighted by Crippen LogP contribution is -1.97. The van der Waals surface area contributed by atoms with Gasteiger partial charge in [0.05, 0.1) is 4.92 Å². The molecule has 0 aromatic heterocycles. The standard InChI is InChI=1S/C7H13NO2/c1-3-5-6-7(4-2)8(9)10/h4H,3,5-6H2,1-2H3. The first-order chi connectivity index (χ1) is 4.72. The van der Waals surface area contributed by atoms with Crippen LogP contribution >= 0.6 is 0 Å². The average Bonchev–Trinajstić information content (AvgIpc) is 1.89. The van der Waals surface area contributed by atoms with E-state index in [0.29, 0.717) is 12.1 Å². The third-order valence-electron chi connectivity index (χ3n) is 1.35. The highest BCUT2D eigenvalue weighted by Crippen LogP contribution is 2.06. The summed E-state index contributed by atoms with van der Waals surface area (Å²) in [5.41, 5.74) is 0.335. The van der Waals surface area contributed by atoms with Crippen LogP contribution in [0.1, 0.15) is 33.1 Å². The molecule has 0 N–H and O–H groups in total. The number of nitro groups is 1. The molecule has 3 nitrogen and oxygen atoms in total. The molecule has 58 valence electrons. The van der Waals surface area contributed by atoms with Crippen molar-refractivity contribution in [2.45, 2.75) is 33.1 Å². The minimum absolute atomic E-state index is 0.310. The van der Waals surface area contributed by atoms with E-state index < -0.39 is 0 Å². The zero-order valence-corrected chi connectivity index (χ0v) is 6.46. The van der Waals surface area contributed by atoms with Crippen molar-refractivity contribution in [1.29, 1.82) is 0 Å². The molecule has 3 heteroatoms. The summed E-state index contributed by atoms with van der Waals surface area (Å²) in [6, 6.07) is 0. The third-order valence-corrected chi connectivity index (χ3v) is 1.35.